The number of methoxy groups -OCH3 is 1. The van der Waals surface area contributed by atoms with E-state index in [4.69, 9.17) is 4.74 Å². The third kappa shape index (κ3) is 4.59. The van der Waals surface area contributed by atoms with Crippen LogP contribution in [0.1, 0.15) is 55.5 Å². The van der Waals surface area contributed by atoms with E-state index in [1.165, 1.54) is 13.2 Å². The summed E-state index contributed by atoms with van der Waals surface area (Å²) >= 11 is 0. The number of aromatic nitrogens is 2. The van der Waals surface area contributed by atoms with Gasteiger partial charge in [-0.25, -0.2) is 4.39 Å². The summed E-state index contributed by atoms with van der Waals surface area (Å²) in [5, 5.41) is 7.40. The zero-order valence-corrected chi connectivity index (χ0v) is 15.5. The summed E-state index contributed by atoms with van der Waals surface area (Å²) in [4.78, 5) is 12.6. The number of nitrogens with zero attached hydrogens (tertiary/aromatic N) is 2. The van der Waals surface area contributed by atoms with Crippen LogP contribution in [0.5, 0.6) is 5.75 Å². The molecule has 0 radical (unpaired) electrons. The zero-order valence-electron chi connectivity index (χ0n) is 15.5. The van der Waals surface area contributed by atoms with Gasteiger partial charge in [-0.15, -0.1) is 0 Å². The topological polar surface area (TPSA) is 56.2 Å². The first kappa shape index (κ1) is 19.0. The average molecular weight is 347 g/mol. The van der Waals surface area contributed by atoms with E-state index in [0.717, 1.165) is 12.1 Å². The van der Waals surface area contributed by atoms with Gasteiger partial charge in [0.05, 0.1) is 18.8 Å². The van der Waals surface area contributed by atoms with Crippen LogP contribution in [0, 0.1) is 11.7 Å². The molecule has 0 fully saturated rings. The quantitative estimate of drug-likeness (QED) is 0.830. The minimum atomic E-state index is -0.445. The van der Waals surface area contributed by atoms with Crippen LogP contribution < -0.4 is 10.1 Å². The Hall–Kier alpha value is -2.37. The highest BCUT2D eigenvalue weighted by molar-refractivity contribution is 5.93. The van der Waals surface area contributed by atoms with E-state index in [1.807, 2.05) is 19.9 Å². The highest BCUT2D eigenvalue weighted by Crippen LogP contribution is 2.22. The number of hydrogen-bond donors (Lipinski definition) is 1. The summed E-state index contributed by atoms with van der Waals surface area (Å²) in [6.45, 7) is 8.62. The molecule has 0 saturated heterocycles. The molecule has 0 spiro atoms. The molecule has 1 aromatic heterocycles. The predicted molar refractivity (Wildman–Crippen MR) is 95.3 cm³/mol. The Balaban J connectivity index is 2.15. The smallest absolute Gasteiger partial charge is 0.270 e. The lowest BCUT2D eigenvalue weighted by atomic mass is 10.1. The van der Waals surface area contributed by atoms with Gasteiger partial charge in [-0.3, -0.25) is 9.48 Å². The minimum absolute atomic E-state index is 0.185. The number of aryl methyl sites for hydroxylation is 1. The fraction of sp³-hybridized carbons (Fsp3) is 0.474. The number of amides is 1. The Labute approximate surface area is 148 Å². The van der Waals surface area contributed by atoms with Gasteiger partial charge in [0.1, 0.15) is 5.69 Å². The van der Waals surface area contributed by atoms with Gasteiger partial charge in [0.15, 0.2) is 11.6 Å². The van der Waals surface area contributed by atoms with E-state index in [2.05, 4.69) is 24.3 Å². The van der Waals surface area contributed by atoms with Crippen LogP contribution in [-0.2, 0) is 13.0 Å². The van der Waals surface area contributed by atoms with Gasteiger partial charge in [-0.2, -0.15) is 5.10 Å². The lowest BCUT2D eigenvalue weighted by molar-refractivity contribution is 0.0929. The lowest BCUT2D eigenvalue weighted by Gasteiger charge is -2.15. The molecule has 1 atom stereocenters. The van der Waals surface area contributed by atoms with Crippen LogP contribution >= 0.6 is 0 Å². The summed E-state index contributed by atoms with van der Waals surface area (Å²) in [6, 6.07) is 6.19. The predicted octanol–water partition coefficient (Wildman–Crippen LogP) is 3.74. The van der Waals surface area contributed by atoms with Crippen LogP contribution in [0.3, 0.4) is 0 Å². The van der Waals surface area contributed by atoms with Crippen molar-refractivity contribution in [3.05, 3.63) is 47.0 Å². The maximum absolute atomic E-state index is 13.9. The van der Waals surface area contributed by atoms with Gasteiger partial charge in [-0.1, -0.05) is 19.9 Å². The monoisotopic (exact) mass is 347 g/mol. The second-order valence-corrected chi connectivity index (χ2v) is 6.52. The van der Waals surface area contributed by atoms with E-state index in [0.29, 0.717) is 23.7 Å². The van der Waals surface area contributed by atoms with E-state index in [1.54, 1.807) is 16.8 Å². The molecule has 0 saturated carbocycles. The maximum Gasteiger partial charge on any atom is 0.270 e. The number of hydrogen-bond acceptors (Lipinski definition) is 3. The molecular formula is C19H26FN3O2. The first-order chi connectivity index (χ1) is 11.8. The molecular weight excluding hydrogens is 321 g/mol. The van der Waals surface area contributed by atoms with Gasteiger partial charge in [0.25, 0.3) is 5.91 Å². The Morgan fingerprint density at radius 3 is 2.60 bits per heavy atom. The number of carbonyl (C=O) groups excluding carboxylic acids is 1. The first-order valence-electron chi connectivity index (χ1n) is 8.56. The average Bonchev–Trinajstić information content (AvgIpc) is 2.96. The van der Waals surface area contributed by atoms with Crippen LogP contribution in [-0.4, -0.2) is 22.8 Å². The summed E-state index contributed by atoms with van der Waals surface area (Å²) in [7, 11) is 1.42. The summed E-state index contributed by atoms with van der Waals surface area (Å²) in [5.74, 6) is -0.00557. The van der Waals surface area contributed by atoms with Crippen molar-refractivity contribution >= 4 is 5.91 Å². The highest BCUT2D eigenvalue weighted by Gasteiger charge is 2.18. The fourth-order valence-electron chi connectivity index (χ4n) is 2.72. The number of halogens is 1. The van der Waals surface area contributed by atoms with Crippen LogP contribution in [0.15, 0.2) is 24.3 Å². The molecule has 25 heavy (non-hydrogen) atoms. The van der Waals surface area contributed by atoms with Crippen molar-refractivity contribution in [3.8, 4) is 5.75 Å². The van der Waals surface area contributed by atoms with Crippen molar-refractivity contribution < 1.29 is 13.9 Å². The maximum atomic E-state index is 13.9. The highest BCUT2D eigenvalue weighted by atomic mass is 19.1. The van der Waals surface area contributed by atoms with E-state index < -0.39 is 5.82 Å². The standard InChI is InChI=1S/C19H26FN3O2/c1-6-23-17(11-15(22-23)9-12(2)3)19(24)21-13(4)14-7-8-18(25-5)16(20)10-14/h7-8,10-13H,6,9H2,1-5H3,(H,21,24)/t13-/m1/s1. The van der Waals surface area contributed by atoms with Gasteiger partial charge in [0.2, 0.25) is 0 Å². The van der Waals surface area contributed by atoms with Crippen molar-refractivity contribution in [2.45, 2.75) is 46.7 Å². The molecule has 6 heteroatoms. The van der Waals surface area contributed by atoms with Crippen LogP contribution in [0.25, 0.3) is 0 Å². The van der Waals surface area contributed by atoms with Gasteiger partial charge >= 0.3 is 0 Å². The normalized spacial score (nSPS) is 12.3. The lowest BCUT2D eigenvalue weighted by Crippen LogP contribution is -2.28. The number of ether oxygens (including phenoxy) is 1. The van der Waals surface area contributed by atoms with Gasteiger partial charge < -0.3 is 10.1 Å². The van der Waals surface area contributed by atoms with Crippen molar-refractivity contribution in [2.75, 3.05) is 7.11 Å². The van der Waals surface area contributed by atoms with Gasteiger partial charge in [0, 0.05) is 6.54 Å². The Morgan fingerprint density at radius 1 is 1.32 bits per heavy atom. The van der Waals surface area contributed by atoms with E-state index >= 15 is 0 Å². The fourth-order valence-corrected chi connectivity index (χ4v) is 2.72. The third-order valence-electron chi connectivity index (χ3n) is 4.00. The van der Waals surface area contributed by atoms with Crippen LogP contribution in [0.4, 0.5) is 4.39 Å². The molecule has 0 aliphatic heterocycles. The second-order valence-electron chi connectivity index (χ2n) is 6.52. The Bertz CT molecular complexity index is 740. The van der Waals surface area contributed by atoms with Crippen molar-refractivity contribution in [2.24, 2.45) is 5.92 Å². The number of benzene rings is 1. The summed E-state index contributed by atoms with van der Waals surface area (Å²) in [6.07, 6.45) is 0.826. The molecule has 0 aliphatic rings. The largest absolute Gasteiger partial charge is 0.494 e. The SMILES string of the molecule is CCn1nc(CC(C)C)cc1C(=O)N[C@H](C)c1ccc(OC)c(F)c1. The van der Waals surface area contributed by atoms with E-state index in [9.17, 15) is 9.18 Å². The van der Waals surface area contributed by atoms with Gasteiger partial charge in [-0.05, 0) is 49.9 Å². The molecule has 2 aromatic rings. The van der Waals surface area contributed by atoms with Crippen molar-refractivity contribution in [1.82, 2.24) is 15.1 Å². The third-order valence-corrected chi connectivity index (χ3v) is 4.00. The first-order valence-corrected chi connectivity index (χ1v) is 8.56. The van der Waals surface area contributed by atoms with E-state index in [-0.39, 0.29) is 17.7 Å². The molecule has 5 nitrogen and oxygen atoms in total. The summed E-state index contributed by atoms with van der Waals surface area (Å²) in [5.41, 5.74) is 2.11. The molecule has 1 N–H and O–H groups in total. The molecule has 0 aliphatic carbocycles. The molecule has 1 amide bonds. The second kappa shape index (κ2) is 8.14. The zero-order chi connectivity index (χ0) is 18.6. The number of nitrogens with one attached hydrogen (secondary N) is 1. The number of rotatable bonds is 7. The summed E-state index contributed by atoms with van der Waals surface area (Å²) < 4.78 is 20.5. The molecule has 0 bridgehead atoms. The van der Waals surface area contributed by atoms with Crippen molar-refractivity contribution in [3.63, 3.8) is 0 Å². The molecule has 0 unspecified atom stereocenters. The Morgan fingerprint density at radius 2 is 2.04 bits per heavy atom. The van der Waals surface area contributed by atoms with Crippen molar-refractivity contribution in [1.29, 1.82) is 0 Å². The molecule has 1 heterocycles. The van der Waals surface area contributed by atoms with Crippen LogP contribution in [0.2, 0.25) is 0 Å². The number of carbonyl (C=O) groups is 1. The molecule has 136 valence electrons. The molecule has 2 rings (SSSR count). The Kier molecular flexibility index (Phi) is 6.17. The molecule has 1 aromatic carbocycles. The minimum Gasteiger partial charge on any atom is -0.494 e.